The zero-order valence-corrected chi connectivity index (χ0v) is 16.7. The monoisotopic (exact) mass is 388 g/mol. The van der Waals surface area contributed by atoms with Gasteiger partial charge in [-0.25, -0.2) is 4.98 Å². The maximum Gasteiger partial charge on any atom is 0.255 e. The van der Waals surface area contributed by atoms with Gasteiger partial charge in [0, 0.05) is 56.0 Å². The van der Waals surface area contributed by atoms with Gasteiger partial charge >= 0.3 is 0 Å². The number of piperazine rings is 1. The lowest BCUT2D eigenvalue weighted by atomic mass is 10.2. The number of benzene rings is 1. The van der Waals surface area contributed by atoms with Crippen molar-refractivity contribution in [3.8, 4) is 0 Å². The van der Waals surface area contributed by atoms with E-state index in [4.69, 9.17) is 4.98 Å². The molecule has 0 bridgehead atoms. The number of hydrogen-bond donors (Lipinski definition) is 1. The summed E-state index contributed by atoms with van der Waals surface area (Å²) < 4.78 is 0. The number of nitrogens with zero attached hydrogens (tertiary/aromatic N) is 5. The van der Waals surface area contributed by atoms with Gasteiger partial charge in [0.15, 0.2) is 0 Å². The minimum absolute atomic E-state index is 0.0262. The number of rotatable bonds is 4. The molecule has 1 saturated heterocycles. The SMILES string of the molecule is Cc1ccc(Nc2nc(C)cc(N3CCN(C(=O)c4cccnc4)CC3)n2)cc1. The number of carbonyl (C=O) groups is 1. The third-order valence-corrected chi connectivity index (χ3v) is 4.95. The van der Waals surface area contributed by atoms with E-state index in [1.165, 1.54) is 5.56 Å². The first-order valence-electron chi connectivity index (χ1n) is 9.72. The highest BCUT2D eigenvalue weighted by Gasteiger charge is 2.23. The van der Waals surface area contributed by atoms with E-state index in [1.54, 1.807) is 24.5 Å². The fraction of sp³-hybridized carbons (Fsp3) is 0.273. The van der Waals surface area contributed by atoms with Crippen molar-refractivity contribution in [3.05, 3.63) is 71.7 Å². The maximum absolute atomic E-state index is 12.6. The van der Waals surface area contributed by atoms with Crippen LogP contribution < -0.4 is 10.2 Å². The van der Waals surface area contributed by atoms with Crippen LogP contribution in [-0.2, 0) is 0 Å². The molecule has 1 aliphatic rings. The van der Waals surface area contributed by atoms with Crippen LogP contribution in [0.3, 0.4) is 0 Å². The normalized spacial score (nSPS) is 14.0. The largest absolute Gasteiger partial charge is 0.353 e. The second-order valence-corrected chi connectivity index (χ2v) is 7.20. The number of aryl methyl sites for hydroxylation is 2. The first-order chi connectivity index (χ1) is 14.1. The Balaban J connectivity index is 1.43. The van der Waals surface area contributed by atoms with E-state index in [0.717, 1.165) is 30.3 Å². The van der Waals surface area contributed by atoms with E-state index < -0.39 is 0 Å². The van der Waals surface area contributed by atoms with Crippen LogP contribution in [0.25, 0.3) is 0 Å². The third kappa shape index (κ3) is 4.51. The lowest BCUT2D eigenvalue weighted by molar-refractivity contribution is 0.0746. The molecule has 1 aromatic carbocycles. The molecule has 29 heavy (non-hydrogen) atoms. The molecule has 0 unspecified atom stereocenters. The lowest BCUT2D eigenvalue weighted by Gasteiger charge is -2.35. The van der Waals surface area contributed by atoms with Crippen LogP contribution in [0.5, 0.6) is 0 Å². The number of hydrogen-bond acceptors (Lipinski definition) is 6. The molecule has 7 nitrogen and oxygen atoms in total. The van der Waals surface area contributed by atoms with Crippen molar-refractivity contribution in [2.45, 2.75) is 13.8 Å². The third-order valence-electron chi connectivity index (χ3n) is 4.95. The first kappa shape index (κ1) is 18.9. The van der Waals surface area contributed by atoms with Gasteiger partial charge in [-0.15, -0.1) is 0 Å². The van der Waals surface area contributed by atoms with Crippen molar-refractivity contribution in [1.29, 1.82) is 0 Å². The molecule has 1 aliphatic heterocycles. The lowest BCUT2D eigenvalue weighted by Crippen LogP contribution is -2.49. The number of pyridine rings is 1. The summed E-state index contributed by atoms with van der Waals surface area (Å²) in [6.07, 6.45) is 3.29. The zero-order valence-electron chi connectivity index (χ0n) is 16.7. The predicted octanol–water partition coefficient (Wildman–Crippen LogP) is 3.19. The van der Waals surface area contributed by atoms with Crippen LogP contribution in [0.15, 0.2) is 54.9 Å². The van der Waals surface area contributed by atoms with E-state index in [1.807, 2.05) is 30.0 Å². The van der Waals surface area contributed by atoms with Gasteiger partial charge in [-0.1, -0.05) is 17.7 Å². The Morgan fingerprint density at radius 2 is 1.76 bits per heavy atom. The van der Waals surface area contributed by atoms with Crippen LogP contribution in [0, 0.1) is 13.8 Å². The van der Waals surface area contributed by atoms with Crippen molar-refractivity contribution in [2.75, 3.05) is 36.4 Å². The Hall–Kier alpha value is -3.48. The van der Waals surface area contributed by atoms with Crippen LogP contribution >= 0.6 is 0 Å². The molecule has 0 saturated carbocycles. The molecule has 0 spiro atoms. The fourth-order valence-electron chi connectivity index (χ4n) is 3.35. The highest BCUT2D eigenvalue weighted by Crippen LogP contribution is 2.20. The molecule has 7 heteroatoms. The van der Waals surface area contributed by atoms with Gasteiger partial charge in [-0.2, -0.15) is 4.98 Å². The molecule has 0 radical (unpaired) electrons. The second-order valence-electron chi connectivity index (χ2n) is 7.20. The minimum atomic E-state index is 0.0262. The van der Waals surface area contributed by atoms with Crippen molar-refractivity contribution < 1.29 is 4.79 Å². The Morgan fingerprint density at radius 1 is 1.00 bits per heavy atom. The van der Waals surface area contributed by atoms with Crippen molar-refractivity contribution in [3.63, 3.8) is 0 Å². The molecule has 1 N–H and O–H groups in total. The van der Waals surface area contributed by atoms with Crippen LogP contribution in [-0.4, -0.2) is 51.9 Å². The van der Waals surface area contributed by atoms with Gasteiger partial charge in [0.2, 0.25) is 5.95 Å². The van der Waals surface area contributed by atoms with Gasteiger partial charge < -0.3 is 15.1 Å². The van der Waals surface area contributed by atoms with E-state index >= 15 is 0 Å². The molecule has 1 amide bonds. The summed E-state index contributed by atoms with van der Waals surface area (Å²) in [6.45, 7) is 6.78. The summed E-state index contributed by atoms with van der Waals surface area (Å²) >= 11 is 0. The quantitative estimate of drug-likeness (QED) is 0.740. The highest BCUT2D eigenvalue weighted by molar-refractivity contribution is 5.94. The number of nitrogens with one attached hydrogen (secondary N) is 1. The van der Waals surface area contributed by atoms with Crippen molar-refractivity contribution in [2.24, 2.45) is 0 Å². The summed E-state index contributed by atoms with van der Waals surface area (Å²) in [5.74, 6) is 1.48. The predicted molar refractivity (Wildman–Crippen MR) is 114 cm³/mol. The first-order valence-corrected chi connectivity index (χ1v) is 9.72. The summed E-state index contributed by atoms with van der Waals surface area (Å²) in [7, 11) is 0. The summed E-state index contributed by atoms with van der Waals surface area (Å²) in [5, 5.41) is 3.28. The highest BCUT2D eigenvalue weighted by atomic mass is 16.2. The average Bonchev–Trinajstić information content (AvgIpc) is 2.75. The number of amides is 1. The van der Waals surface area contributed by atoms with Gasteiger partial charge in [0.1, 0.15) is 5.82 Å². The van der Waals surface area contributed by atoms with Gasteiger partial charge in [-0.3, -0.25) is 9.78 Å². The van der Waals surface area contributed by atoms with Crippen LogP contribution in [0.2, 0.25) is 0 Å². The number of anilines is 3. The van der Waals surface area contributed by atoms with Gasteiger partial charge in [0.25, 0.3) is 5.91 Å². The smallest absolute Gasteiger partial charge is 0.255 e. The fourth-order valence-corrected chi connectivity index (χ4v) is 3.35. The Bertz CT molecular complexity index is 982. The molecule has 0 aliphatic carbocycles. The summed E-state index contributed by atoms with van der Waals surface area (Å²) in [5.41, 5.74) is 3.70. The average molecular weight is 388 g/mol. The molecule has 2 aromatic heterocycles. The Kier molecular flexibility index (Phi) is 5.37. The Labute approximate surface area is 170 Å². The summed E-state index contributed by atoms with van der Waals surface area (Å²) in [4.78, 5) is 29.9. The molecule has 3 aromatic rings. The van der Waals surface area contributed by atoms with Crippen molar-refractivity contribution >= 4 is 23.4 Å². The minimum Gasteiger partial charge on any atom is -0.353 e. The van der Waals surface area contributed by atoms with E-state index in [2.05, 4.69) is 39.2 Å². The molecular formula is C22H24N6O. The van der Waals surface area contributed by atoms with E-state index in [9.17, 15) is 4.79 Å². The summed E-state index contributed by atoms with van der Waals surface area (Å²) in [6, 6.07) is 13.7. The Morgan fingerprint density at radius 3 is 2.45 bits per heavy atom. The van der Waals surface area contributed by atoms with Gasteiger partial charge in [-0.05, 0) is 38.1 Å². The van der Waals surface area contributed by atoms with Crippen molar-refractivity contribution in [1.82, 2.24) is 19.9 Å². The van der Waals surface area contributed by atoms with Gasteiger partial charge in [0.05, 0.1) is 5.56 Å². The molecule has 3 heterocycles. The van der Waals surface area contributed by atoms with E-state index in [-0.39, 0.29) is 5.91 Å². The molecular weight excluding hydrogens is 364 g/mol. The second kappa shape index (κ2) is 8.26. The standard InChI is InChI=1S/C22H24N6O/c1-16-5-7-19(8-6-16)25-22-24-17(2)14-20(26-22)27-10-12-28(13-11-27)21(29)18-4-3-9-23-15-18/h3-9,14-15H,10-13H2,1-2H3,(H,24,25,26). The number of aromatic nitrogens is 3. The molecule has 0 atom stereocenters. The number of carbonyl (C=O) groups excluding carboxylic acids is 1. The molecule has 4 rings (SSSR count). The zero-order chi connectivity index (χ0) is 20.2. The topological polar surface area (TPSA) is 74.2 Å². The van der Waals surface area contributed by atoms with Crippen LogP contribution in [0.4, 0.5) is 17.5 Å². The molecule has 148 valence electrons. The molecule has 1 fully saturated rings. The maximum atomic E-state index is 12.6. The van der Waals surface area contributed by atoms with Crippen LogP contribution in [0.1, 0.15) is 21.6 Å². The van der Waals surface area contributed by atoms with E-state index in [0.29, 0.717) is 24.6 Å².